The van der Waals surface area contributed by atoms with Crippen LogP contribution < -0.4 is 0 Å². The van der Waals surface area contributed by atoms with Gasteiger partial charge >= 0.3 is 16.4 Å². The molecule has 0 aromatic heterocycles. The molecule has 0 N–H and O–H groups in total. The Hall–Kier alpha value is -0.920. The van der Waals surface area contributed by atoms with Gasteiger partial charge in [-0.15, -0.1) is 0 Å². The molecule has 2 amide bonds. The molecule has 0 heterocycles. The summed E-state index contributed by atoms with van der Waals surface area (Å²) >= 11 is 0. The molecule has 0 radical (unpaired) electrons. The SMILES string of the molecule is CCCN(F)C(=O)N(CCC)S(=O)(=O)F. The lowest BCUT2D eigenvalue weighted by Crippen LogP contribution is -2.42. The predicted molar refractivity (Wildman–Crippen MR) is 50.5 cm³/mol. The Morgan fingerprint density at radius 3 is 2.00 bits per heavy atom. The summed E-state index contributed by atoms with van der Waals surface area (Å²) in [6.45, 7) is 2.51. The first-order valence-electron chi connectivity index (χ1n) is 4.54. The number of nitrogens with zero attached hydrogens (tertiary/aromatic N) is 2. The van der Waals surface area contributed by atoms with Gasteiger partial charge in [0.25, 0.3) is 0 Å². The lowest BCUT2D eigenvalue weighted by atomic mass is 10.5. The van der Waals surface area contributed by atoms with Gasteiger partial charge < -0.3 is 0 Å². The van der Waals surface area contributed by atoms with Gasteiger partial charge in [0.05, 0.1) is 6.54 Å². The van der Waals surface area contributed by atoms with E-state index in [1.54, 1.807) is 13.8 Å². The van der Waals surface area contributed by atoms with E-state index in [1.807, 2.05) is 0 Å². The summed E-state index contributed by atoms with van der Waals surface area (Å²) in [5, 5.41) is -0.313. The summed E-state index contributed by atoms with van der Waals surface area (Å²) < 4.78 is 46.4. The molecule has 0 bridgehead atoms. The second-order valence-electron chi connectivity index (χ2n) is 2.88. The van der Waals surface area contributed by atoms with Crippen molar-refractivity contribution < 1.29 is 21.6 Å². The van der Waals surface area contributed by atoms with Gasteiger partial charge in [-0.25, -0.2) is 4.79 Å². The van der Waals surface area contributed by atoms with E-state index in [0.29, 0.717) is 6.42 Å². The van der Waals surface area contributed by atoms with Gasteiger partial charge in [-0.3, -0.25) is 0 Å². The van der Waals surface area contributed by atoms with Gasteiger partial charge in [0, 0.05) is 6.54 Å². The van der Waals surface area contributed by atoms with Crippen molar-refractivity contribution in [2.75, 3.05) is 13.1 Å². The fourth-order valence-corrected chi connectivity index (χ4v) is 1.59. The topological polar surface area (TPSA) is 57.7 Å². The van der Waals surface area contributed by atoms with Crippen LogP contribution in [0.25, 0.3) is 0 Å². The van der Waals surface area contributed by atoms with E-state index in [1.165, 1.54) is 0 Å². The summed E-state index contributed by atoms with van der Waals surface area (Å²) in [6, 6.07) is -1.48. The Balaban J connectivity index is 4.71. The molecule has 8 heteroatoms. The van der Waals surface area contributed by atoms with Gasteiger partial charge in [-0.05, 0) is 12.8 Å². The molecule has 0 aromatic rings. The molecule has 0 spiro atoms. The van der Waals surface area contributed by atoms with Crippen molar-refractivity contribution in [1.82, 2.24) is 9.43 Å². The lowest BCUT2D eigenvalue weighted by Gasteiger charge is -2.20. The van der Waals surface area contributed by atoms with Crippen molar-refractivity contribution in [3.8, 4) is 0 Å². The largest absolute Gasteiger partial charge is 0.403 e. The number of rotatable bonds is 5. The van der Waals surface area contributed by atoms with E-state index >= 15 is 0 Å². The van der Waals surface area contributed by atoms with Crippen LogP contribution in [0.4, 0.5) is 13.2 Å². The number of urea groups is 1. The van der Waals surface area contributed by atoms with E-state index in [-0.39, 0.29) is 28.9 Å². The second-order valence-corrected chi connectivity index (χ2v) is 4.15. The molecule has 0 saturated heterocycles. The Kier molecular flexibility index (Phi) is 5.48. The first-order chi connectivity index (χ1) is 6.84. The Bertz CT molecular complexity index is 307. The maximum absolute atomic E-state index is 12.9. The molecule has 0 aliphatic heterocycles. The number of halogens is 2. The van der Waals surface area contributed by atoms with Crippen molar-refractivity contribution in [1.29, 1.82) is 0 Å². The van der Waals surface area contributed by atoms with E-state index in [9.17, 15) is 21.6 Å². The van der Waals surface area contributed by atoms with E-state index in [0.717, 1.165) is 0 Å². The molecule has 0 rings (SSSR count). The van der Waals surface area contributed by atoms with Crippen LogP contribution in [0.5, 0.6) is 0 Å². The minimum Gasteiger partial charge on any atom is -0.245 e. The quantitative estimate of drug-likeness (QED) is 0.545. The van der Waals surface area contributed by atoms with Gasteiger partial charge in [-0.1, -0.05) is 22.2 Å². The molecule has 15 heavy (non-hydrogen) atoms. The zero-order valence-electron chi connectivity index (χ0n) is 8.61. The summed E-state index contributed by atoms with van der Waals surface area (Å²) in [7, 11) is -5.19. The standard InChI is InChI=1S/C7H14F2N2O3S/c1-3-5-10(8)7(12)11(6-4-2)15(9,13)14/h3-6H2,1-2H3. The van der Waals surface area contributed by atoms with E-state index in [4.69, 9.17) is 0 Å². The fraction of sp³-hybridized carbons (Fsp3) is 0.857. The van der Waals surface area contributed by atoms with Gasteiger partial charge in [0.1, 0.15) is 0 Å². The maximum atomic E-state index is 12.9. The summed E-state index contributed by atoms with van der Waals surface area (Å²) in [5.41, 5.74) is 0. The summed E-state index contributed by atoms with van der Waals surface area (Å²) in [4.78, 5) is 11.1. The molecule has 0 aliphatic rings. The zero-order chi connectivity index (χ0) is 12.1. The average molecular weight is 244 g/mol. The first kappa shape index (κ1) is 14.1. The highest BCUT2D eigenvalue weighted by molar-refractivity contribution is 7.84. The average Bonchev–Trinajstić information content (AvgIpc) is 2.11. The van der Waals surface area contributed by atoms with Crippen molar-refractivity contribution in [3.05, 3.63) is 0 Å². The van der Waals surface area contributed by atoms with Crippen LogP contribution in [0, 0.1) is 0 Å². The fourth-order valence-electron chi connectivity index (χ4n) is 0.914. The van der Waals surface area contributed by atoms with Crippen LogP contribution in [-0.2, 0) is 10.4 Å². The molecule has 0 fully saturated rings. The third-order valence-corrected chi connectivity index (χ3v) is 2.40. The summed E-state index contributed by atoms with van der Waals surface area (Å²) in [6.07, 6.45) is 0.531. The smallest absolute Gasteiger partial charge is 0.245 e. The van der Waals surface area contributed by atoms with Crippen molar-refractivity contribution in [2.45, 2.75) is 26.7 Å². The zero-order valence-corrected chi connectivity index (χ0v) is 9.43. The highest BCUT2D eigenvalue weighted by Gasteiger charge is 2.30. The predicted octanol–water partition coefficient (Wildman–Crippen LogP) is 1.63. The van der Waals surface area contributed by atoms with Crippen LogP contribution in [0.15, 0.2) is 0 Å². The third-order valence-electron chi connectivity index (χ3n) is 1.53. The third kappa shape index (κ3) is 4.41. The van der Waals surface area contributed by atoms with Crippen LogP contribution in [0.3, 0.4) is 0 Å². The highest BCUT2D eigenvalue weighted by Crippen LogP contribution is 2.09. The van der Waals surface area contributed by atoms with E-state index < -0.39 is 16.4 Å². The van der Waals surface area contributed by atoms with E-state index in [2.05, 4.69) is 0 Å². The molecule has 0 unspecified atom stereocenters. The minimum absolute atomic E-state index is 0.122. The number of carbonyl (C=O) groups excluding carboxylic acids is 1. The van der Waals surface area contributed by atoms with Crippen LogP contribution >= 0.6 is 0 Å². The molecule has 90 valence electrons. The van der Waals surface area contributed by atoms with Gasteiger partial charge in [-0.2, -0.15) is 17.8 Å². The molecule has 0 aromatic carbocycles. The number of hydrogen-bond donors (Lipinski definition) is 0. The lowest BCUT2D eigenvalue weighted by molar-refractivity contribution is 0.0532. The molecular weight excluding hydrogens is 230 g/mol. The molecule has 0 aliphatic carbocycles. The van der Waals surface area contributed by atoms with Gasteiger partial charge in [0.2, 0.25) is 0 Å². The molecule has 0 saturated carbocycles. The van der Waals surface area contributed by atoms with Crippen LogP contribution in [0.1, 0.15) is 26.7 Å². The van der Waals surface area contributed by atoms with Gasteiger partial charge in [0.15, 0.2) is 0 Å². The highest BCUT2D eigenvalue weighted by atomic mass is 32.3. The number of carbonyl (C=O) groups is 1. The van der Waals surface area contributed by atoms with Crippen molar-refractivity contribution in [3.63, 3.8) is 0 Å². The maximum Gasteiger partial charge on any atom is 0.403 e. The number of hydrogen-bond acceptors (Lipinski definition) is 3. The molecule has 5 nitrogen and oxygen atoms in total. The normalized spacial score (nSPS) is 11.2. The van der Waals surface area contributed by atoms with Crippen LogP contribution in [0.2, 0.25) is 0 Å². The first-order valence-corrected chi connectivity index (χ1v) is 5.88. The molecular formula is C7H14F2N2O3S. The Labute approximate surface area is 87.9 Å². The Morgan fingerprint density at radius 1 is 1.20 bits per heavy atom. The minimum atomic E-state index is -5.19. The summed E-state index contributed by atoms with van der Waals surface area (Å²) in [5.74, 6) is 0. The van der Waals surface area contributed by atoms with Crippen LogP contribution in [-0.4, -0.2) is 37.0 Å². The van der Waals surface area contributed by atoms with Crippen molar-refractivity contribution in [2.24, 2.45) is 0 Å². The second kappa shape index (κ2) is 5.84. The number of amides is 2. The molecule has 0 atom stereocenters. The Morgan fingerprint density at radius 2 is 1.67 bits per heavy atom. The monoisotopic (exact) mass is 244 g/mol. The van der Waals surface area contributed by atoms with Crippen molar-refractivity contribution >= 4 is 16.4 Å².